The Morgan fingerprint density at radius 1 is 1.61 bits per heavy atom. The molecule has 0 fully saturated rings. The highest BCUT2D eigenvalue weighted by Gasteiger charge is 2.28. The summed E-state index contributed by atoms with van der Waals surface area (Å²) in [6.45, 7) is 0. The van der Waals surface area contributed by atoms with E-state index in [-0.39, 0.29) is 24.4 Å². The minimum Gasteiger partial charge on any atom is -0.481 e. The van der Waals surface area contributed by atoms with Gasteiger partial charge < -0.3 is 15.7 Å². The SMILES string of the molecule is CN1C(=O)Cc2cc(C(N)CC(=O)O)cc(F)c21. The molecule has 1 heterocycles. The molecule has 0 saturated carbocycles. The Morgan fingerprint density at radius 2 is 2.28 bits per heavy atom. The fourth-order valence-corrected chi connectivity index (χ4v) is 2.12. The van der Waals surface area contributed by atoms with Crippen LogP contribution in [0.1, 0.15) is 23.6 Å². The van der Waals surface area contributed by atoms with Gasteiger partial charge in [-0.25, -0.2) is 4.39 Å². The smallest absolute Gasteiger partial charge is 0.305 e. The number of nitrogens with two attached hydrogens (primary N) is 1. The quantitative estimate of drug-likeness (QED) is 0.834. The first kappa shape index (κ1) is 12.5. The lowest BCUT2D eigenvalue weighted by Crippen LogP contribution is -2.21. The third-order valence-electron chi connectivity index (χ3n) is 3.04. The van der Waals surface area contributed by atoms with E-state index in [1.54, 1.807) is 6.07 Å². The zero-order chi connectivity index (χ0) is 13.4. The summed E-state index contributed by atoms with van der Waals surface area (Å²) in [6.07, 6.45) is -0.154. The summed E-state index contributed by atoms with van der Waals surface area (Å²) in [6, 6.07) is 2.03. The average molecular weight is 252 g/mol. The largest absolute Gasteiger partial charge is 0.481 e. The van der Waals surface area contributed by atoms with Gasteiger partial charge in [0.25, 0.3) is 0 Å². The number of hydrogen-bond donors (Lipinski definition) is 2. The number of halogens is 1. The van der Waals surface area contributed by atoms with Gasteiger partial charge in [-0.15, -0.1) is 0 Å². The van der Waals surface area contributed by atoms with Gasteiger partial charge in [0.15, 0.2) is 0 Å². The van der Waals surface area contributed by atoms with Gasteiger partial charge in [0.05, 0.1) is 18.5 Å². The topological polar surface area (TPSA) is 83.6 Å². The van der Waals surface area contributed by atoms with Gasteiger partial charge in [-0.2, -0.15) is 0 Å². The van der Waals surface area contributed by atoms with Gasteiger partial charge in [0.2, 0.25) is 5.91 Å². The number of hydrogen-bond acceptors (Lipinski definition) is 3. The normalized spacial score (nSPS) is 15.7. The van der Waals surface area contributed by atoms with E-state index in [1.807, 2.05) is 0 Å². The molecule has 0 aliphatic carbocycles. The third-order valence-corrected chi connectivity index (χ3v) is 3.04. The number of carbonyl (C=O) groups excluding carboxylic acids is 1. The Hall–Kier alpha value is -1.95. The Labute approximate surface area is 103 Å². The number of carboxylic acid groups (broad SMARTS) is 1. The van der Waals surface area contributed by atoms with Crippen molar-refractivity contribution in [2.45, 2.75) is 18.9 Å². The van der Waals surface area contributed by atoms with Crippen molar-refractivity contribution in [1.29, 1.82) is 0 Å². The minimum atomic E-state index is -1.04. The number of fused-ring (bicyclic) bond motifs is 1. The molecule has 0 radical (unpaired) electrons. The van der Waals surface area contributed by atoms with Crippen LogP contribution in [-0.2, 0) is 16.0 Å². The van der Waals surface area contributed by atoms with Crippen LogP contribution < -0.4 is 10.6 Å². The fourth-order valence-electron chi connectivity index (χ4n) is 2.12. The van der Waals surface area contributed by atoms with Gasteiger partial charge >= 0.3 is 5.97 Å². The zero-order valence-corrected chi connectivity index (χ0v) is 9.81. The second-order valence-electron chi connectivity index (χ2n) is 4.34. The summed E-state index contributed by atoms with van der Waals surface area (Å²) in [7, 11) is 1.51. The Kier molecular flexibility index (Phi) is 3.04. The molecule has 0 aromatic heterocycles. The van der Waals surface area contributed by atoms with Crippen LogP contribution in [0.25, 0.3) is 0 Å². The number of carboxylic acids is 1. The number of anilines is 1. The van der Waals surface area contributed by atoms with Crippen molar-refractivity contribution in [3.05, 3.63) is 29.1 Å². The monoisotopic (exact) mass is 252 g/mol. The van der Waals surface area contributed by atoms with E-state index in [2.05, 4.69) is 0 Å². The van der Waals surface area contributed by atoms with Crippen LogP contribution in [0.5, 0.6) is 0 Å². The number of nitrogens with zero attached hydrogens (tertiary/aromatic N) is 1. The molecule has 3 N–H and O–H groups in total. The van der Waals surface area contributed by atoms with E-state index >= 15 is 0 Å². The Morgan fingerprint density at radius 3 is 2.89 bits per heavy atom. The lowest BCUT2D eigenvalue weighted by molar-refractivity contribution is -0.137. The maximum Gasteiger partial charge on any atom is 0.305 e. The molecule has 0 saturated heterocycles. The molecule has 6 heteroatoms. The standard InChI is InChI=1S/C12H13FN2O3/c1-15-10(16)4-7-2-6(3-8(13)12(7)15)9(14)5-11(17)18/h2-3,9H,4-5,14H2,1H3,(H,17,18). The van der Waals surface area contributed by atoms with E-state index in [1.165, 1.54) is 18.0 Å². The number of likely N-dealkylation sites (N-methyl/N-ethyl adjacent to an activating group) is 1. The predicted molar refractivity (Wildman–Crippen MR) is 62.7 cm³/mol. The van der Waals surface area contributed by atoms with E-state index < -0.39 is 17.8 Å². The molecule has 1 unspecified atom stereocenters. The molecule has 1 aromatic carbocycles. The van der Waals surface area contributed by atoms with Crippen molar-refractivity contribution < 1.29 is 19.1 Å². The second-order valence-corrected chi connectivity index (χ2v) is 4.34. The molecule has 0 bridgehead atoms. The molecule has 1 amide bonds. The molecule has 2 rings (SSSR count). The Bertz CT molecular complexity index is 530. The predicted octanol–water partition coefficient (Wildman–Crippen LogP) is 0.819. The molecule has 96 valence electrons. The van der Waals surface area contributed by atoms with E-state index in [0.29, 0.717) is 11.1 Å². The van der Waals surface area contributed by atoms with Crippen LogP contribution in [0.4, 0.5) is 10.1 Å². The highest BCUT2D eigenvalue weighted by Crippen LogP contribution is 2.33. The van der Waals surface area contributed by atoms with Crippen molar-refractivity contribution in [2.75, 3.05) is 11.9 Å². The second kappa shape index (κ2) is 4.38. The van der Waals surface area contributed by atoms with Crippen LogP contribution in [0, 0.1) is 5.82 Å². The lowest BCUT2D eigenvalue weighted by Gasteiger charge is -2.14. The molecule has 1 aliphatic heterocycles. The van der Waals surface area contributed by atoms with Crippen molar-refractivity contribution in [2.24, 2.45) is 5.73 Å². The number of aliphatic carboxylic acids is 1. The van der Waals surface area contributed by atoms with Crippen LogP contribution in [0.2, 0.25) is 0 Å². The minimum absolute atomic E-state index is 0.121. The van der Waals surface area contributed by atoms with Gasteiger partial charge in [-0.1, -0.05) is 6.07 Å². The summed E-state index contributed by atoms with van der Waals surface area (Å²) < 4.78 is 13.9. The lowest BCUT2D eigenvalue weighted by atomic mass is 10.0. The highest BCUT2D eigenvalue weighted by atomic mass is 19.1. The number of benzene rings is 1. The van der Waals surface area contributed by atoms with Gasteiger partial charge in [0, 0.05) is 13.1 Å². The fraction of sp³-hybridized carbons (Fsp3) is 0.333. The van der Waals surface area contributed by atoms with Gasteiger partial charge in [0.1, 0.15) is 5.82 Å². The molecule has 5 nitrogen and oxygen atoms in total. The summed E-state index contributed by atoms with van der Waals surface area (Å²) in [4.78, 5) is 23.3. The number of carbonyl (C=O) groups is 2. The van der Waals surface area contributed by atoms with Crippen molar-refractivity contribution >= 4 is 17.6 Å². The van der Waals surface area contributed by atoms with Crippen LogP contribution in [0.3, 0.4) is 0 Å². The van der Waals surface area contributed by atoms with E-state index in [4.69, 9.17) is 10.8 Å². The molecular weight excluding hydrogens is 239 g/mol. The Balaban J connectivity index is 2.38. The van der Waals surface area contributed by atoms with Crippen LogP contribution >= 0.6 is 0 Å². The first-order chi connectivity index (χ1) is 8.40. The van der Waals surface area contributed by atoms with Gasteiger partial charge in [-0.05, 0) is 17.2 Å². The highest BCUT2D eigenvalue weighted by molar-refractivity contribution is 6.01. The van der Waals surface area contributed by atoms with E-state index in [0.717, 1.165) is 0 Å². The van der Waals surface area contributed by atoms with E-state index in [9.17, 15) is 14.0 Å². The van der Waals surface area contributed by atoms with Gasteiger partial charge in [-0.3, -0.25) is 9.59 Å². The maximum atomic E-state index is 13.9. The molecule has 1 aromatic rings. The van der Waals surface area contributed by atoms with Crippen molar-refractivity contribution in [1.82, 2.24) is 0 Å². The molecule has 1 atom stereocenters. The maximum absolute atomic E-state index is 13.9. The summed E-state index contributed by atoms with van der Waals surface area (Å²) >= 11 is 0. The van der Waals surface area contributed by atoms with Crippen LogP contribution in [0.15, 0.2) is 12.1 Å². The molecule has 1 aliphatic rings. The molecule has 0 spiro atoms. The van der Waals surface area contributed by atoms with Crippen molar-refractivity contribution in [3.8, 4) is 0 Å². The van der Waals surface area contributed by atoms with Crippen molar-refractivity contribution in [3.63, 3.8) is 0 Å². The summed E-state index contributed by atoms with van der Waals surface area (Å²) in [5, 5.41) is 8.66. The number of amides is 1. The summed E-state index contributed by atoms with van der Waals surface area (Å²) in [5.74, 6) is -1.78. The van der Waals surface area contributed by atoms with Crippen LogP contribution in [-0.4, -0.2) is 24.0 Å². The summed E-state index contributed by atoms with van der Waals surface area (Å²) in [5.41, 5.74) is 6.89. The average Bonchev–Trinajstić information content (AvgIpc) is 2.54. The molecule has 18 heavy (non-hydrogen) atoms. The zero-order valence-electron chi connectivity index (χ0n) is 9.81. The molecular formula is C12H13FN2O3. The first-order valence-corrected chi connectivity index (χ1v) is 5.46. The number of rotatable bonds is 3. The first-order valence-electron chi connectivity index (χ1n) is 5.46. The third kappa shape index (κ3) is 2.06.